The zero-order valence-corrected chi connectivity index (χ0v) is 18.3. The molecule has 11 nitrogen and oxygen atoms in total. The van der Waals surface area contributed by atoms with Gasteiger partial charge in [-0.2, -0.15) is 0 Å². The molecule has 2 N–H and O–H groups in total. The Morgan fingerprint density at radius 1 is 1.09 bits per heavy atom. The number of ether oxygens (including phenoxy) is 4. The molecule has 0 aromatic heterocycles. The molecule has 2 saturated heterocycles. The number of aliphatic hydroxyl groups excluding tert-OH is 1. The number of carbonyl (C=O) groups excluding carboxylic acids is 2. The minimum absolute atomic E-state index is 0.0345. The Morgan fingerprint density at radius 3 is 2.39 bits per heavy atom. The molecule has 3 heterocycles. The summed E-state index contributed by atoms with van der Waals surface area (Å²) in [7, 11) is 1.20. The number of esters is 2. The molecular weight excluding hydrogens is 436 g/mol. The molecule has 0 amide bonds. The van der Waals surface area contributed by atoms with Crippen LogP contribution in [0.15, 0.2) is 46.8 Å². The Labute approximate surface area is 189 Å². The SMILES string of the molecule is COC(=O)C1=C(C)NC(C)=C(C(=O)O[C@@H]2CO[C@H]3[C@@H]2OC[C@@H]3O)C1c1ccccc1[N+](=O)[O-]. The van der Waals surface area contributed by atoms with Gasteiger partial charge in [0.15, 0.2) is 6.10 Å². The van der Waals surface area contributed by atoms with Gasteiger partial charge in [0.05, 0.1) is 42.3 Å². The summed E-state index contributed by atoms with van der Waals surface area (Å²) >= 11 is 0. The molecule has 1 unspecified atom stereocenters. The van der Waals surface area contributed by atoms with Gasteiger partial charge in [-0.1, -0.05) is 18.2 Å². The molecule has 33 heavy (non-hydrogen) atoms. The van der Waals surface area contributed by atoms with E-state index in [4.69, 9.17) is 18.9 Å². The quantitative estimate of drug-likeness (QED) is 0.372. The van der Waals surface area contributed by atoms with Crippen molar-refractivity contribution < 1.29 is 38.6 Å². The summed E-state index contributed by atoms with van der Waals surface area (Å²) in [5.74, 6) is -2.61. The van der Waals surface area contributed by atoms with Crippen molar-refractivity contribution in [3.63, 3.8) is 0 Å². The number of nitro benzene ring substituents is 1. The van der Waals surface area contributed by atoms with E-state index in [2.05, 4.69) is 5.32 Å². The highest BCUT2D eigenvalue weighted by molar-refractivity contribution is 6.00. The largest absolute Gasteiger partial charge is 0.466 e. The van der Waals surface area contributed by atoms with E-state index < -0.39 is 47.2 Å². The van der Waals surface area contributed by atoms with Crippen LogP contribution in [0, 0.1) is 10.1 Å². The lowest BCUT2D eigenvalue weighted by Crippen LogP contribution is -2.37. The van der Waals surface area contributed by atoms with E-state index >= 15 is 0 Å². The van der Waals surface area contributed by atoms with Crippen molar-refractivity contribution in [3.05, 3.63) is 62.5 Å². The van der Waals surface area contributed by atoms with E-state index in [-0.39, 0.29) is 35.6 Å². The van der Waals surface area contributed by atoms with Gasteiger partial charge in [0.25, 0.3) is 5.69 Å². The zero-order valence-electron chi connectivity index (χ0n) is 18.3. The predicted octanol–water partition coefficient (Wildman–Crippen LogP) is 1.07. The van der Waals surface area contributed by atoms with Crippen LogP contribution < -0.4 is 5.32 Å². The van der Waals surface area contributed by atoms with Crippen molar-refractivity contribution >= 4 is 17.6 Å². The number of aliphatic hydroxyl groups is 1. The molecule has 176 valence electrons. The molecular formula is C22H24N2O9. The highest BCUT2D eigenvalue weighted by Gasteiger charge is 2.50. The van der Waals surface area contributed by atoms with Crippen LogP contribution in [0.3, 0.4) is 0 Å². The van der Waals surface area contributed by atoms with E-state index in [1.165, 1.54) is 25.3 Å². The van der Waals surface area contributed by atoms with Gasteiger partial charge in [0.2, 0.25) is 0 Å². The lowest BCUT2D eigenvalue weighted by molar-refractivity contribution is -0.385. The maximum atomic E-state index is 13.4. The molecule has 0 spiro atoms. The number of hydrogen-bond donors (Lipinski definition) is 2. The number of allylic oxidation sites excluding steroid dienone is 2. The van der Waals surface area contributed by atoms with Crippen LogP contribution in [0.1, 0.15) is 25.3 Å². The van der Waals surface area contributed by atoms with Gasteiger partial charge in [-0.05, 0) is 13.8 Å². The third-order valence-electron chi connectivity index (χ3n) is 6.07. The first-order chi connectivity index (χ1) is 15.7. The Hall–Kier alpha value is -3.28. The monoisotopic (exact) mass is 460 g/mol. The van der Waals surface area contributed by atoms with E-state index in [1.807, 2.05) is 0 Å². The maximum Gasteiger partial charge on any atom is 0.337 e. The first kappa shape index (κ1) is 22.9. The second-order valence-electron chi connectivity index (χ2n) is 8.05. The van der Waals surface area contributed by atoms with E-state index in [9.17, 15) is 24.8 Å². The van der Waals surface area contributed by atoms with Gasteiger partial charge < -0.3 is 29.4 Å². The van der Waals surface area contributed by atoms with Crippen molar-refractivity contribution in [1.82, 2.24) is 5.32 Å². The van der Waals surface area contributed by atoms with Crippen LogP contribution in [-0.2, 0) is 28.5 Å². The van der Waals surface area contributed by atoms with Crippen molar-refractivity contribution in [1.29, 1.82) is 0 Å². The Morgan fingerprint density at radius 2 is 1.73 bits per heavy atom. The number of nitro groups is 1. The number of carbonyl (C=O) groups is 2. The van der Waals surface area contributed by atoms with Crippen LogP contribution in [0.5, 0.6) is 0 Å². The van der Waals surface area contributed by atoms with E-state index in [0.717, 1.165) is 0 Å². The second kappa shape index (κ2) is 8.93. The molecule has 4 rings (SSSR count). The Balaban J connectivity index is 1.75. The number of para-hydroxylation sites is 1. The number of benzene rings is 1. The molecule has 3 aliphatic heterocycles. The summed E-state index contributed by atoms with van der Waals surface area (Å²) in [6.07, 6.45) is -2.81. The summed E-state index contributed by atoms with van der Waals surface area (Å²) in [5, 5.41) is 24.7. The molecule has 1 aromatic rings. The average Bonchev–Trinajstić information content (AvgIpc) is 3.35. The van der Waals surface area contributed by atoms with Gasteiger partial charge in [-0.25, -0.2) is 9.59 Å². The van der Waals surface area contributed by atoms with Crippen LogP contribution in [0.4, 0.5) is 5.69 Å². The standard InChI is InChI=1S/C22H24N2O9/c1-10-16(21(26)30-3)18(12-6-4-5-7-13(12)24(28)29)17(11(2)23-10)22(27)33-15-9-32-19-14(25)8-31-20(15)19/h4-7,14-15,18-20,23,25H,8-9H2,1-3H3/t14-,15+,18?,19+,20+/m0/s1. The number of nitrogens with zero attached hydrogens (tertiary/aromatic N) is 1. The number of nitrogens with one attached hydrogen (secondary N) is 1. The topological polar surface area (TPSA) is 146 Å². The third kappa shape index (κ3) is 3.99. The highest BCUT2D eigenvalue weighted by atomic mass is 16.6. The first-order valence-corrected chi connectivity index (χ1v) is 10.4. The van der Waals surface area contributed by atoms with Gasteiger partial charge in [-0.15, -0.1) is 0 Å². The highest BCUT2D eigenvalue weighted by Crippen LogP contribution is 2.43. The van der Waals surface area contributed by atoms with Crippen molar-refractivity contribution in [2.75, 3.05) is 20.3 Å². The molecule has 0 saturated carbocycles. The van der Waals surface area contributed by atoms with Gasteiger partial charge in [0, 0.05) is 23.0 Å². The van der Waals surface area contributed by atoms with Gasteiger partial charge >= 0.3 is 11.9 Å². The van der Waals surface area contributed by atoms with Crippen molar-refractivity contribution in [3.8, 4) is 0 Å². The second-order valence-corrected chi connectivity index (χ2v) is 8.05. The molecule has 5 atom stereocenters. The fourth-order valence-corrected chi connectivity index (χ4v) is 4.60. The smallest absolute Gasteiger partial charge is 0.337 e. The first-order valence-electron chi connectivity index (χ1n) is 10.4. The van der Waals surface area contributed by atoms with Crippen LogP contribution in [0.25, 0.3) is 0 Å². The number of fused-ring (bicyclic) bond motifs is 1. The third-order valence-corrected chi connectivity index (χ3v) is 6.07. The minimum Gasteiger partial charge on any atom is -0.466 e. The van der Waals surface area contributed by atoms with Crippen LogP contribution >= 0.6 is 0 Å². The summed E-state index contributed by atoms with van der Waals surface area (Å²) in [6.45, 7) is 3.36. The molecule has 0 aliphatic carbocycles. The summed E-state index contributed by atoms with van der Waals surface area (Å²) in [6, 6.07) is 5.90. The maximum absolute atomic E-state index is 13.4. The average molecular weight is 460 g/mol. The molecule has 2 fully saturated rings. The lowest BCUT2D eigenvalue weighted by atomic mass is 9.79. The number of methoxy groups -OCH3 is 1. The molecule has 1 aromatic carbocycles. The fraction of sp³-hybridized carbons (Fsp3) is 0.455. The van der Waals surface area contributed by atoms with Crippen LogP contribution in [0.2, 0.25) is 0 Å². The van der Waals surface area contributed by atoms with Crippen LogP contribution in [-0.4, -0.2) is 66.7 Å². The molecule has 3 aliphatic rings. The zero-order chi connectivity index (χ0) is 23.9. The lowest BCUT2D eigenvalue weighted by Gasteiger charge is -2.30. The normalized spacial score (nSPS) is 28.9. The Kier molecular flexibility index (Phi) is 6.19. The summed E-state index contributed by atoms with van der Waals surface area (Å²) in [4.78, 5) is 37.3. The predicted molar refractivity (Wildman–Crippen MR) is 112 cm³/mol. The fourth-order valence-electron chi connectivity index (χ4n) is 4.60. The van der Waals surface area contributed by atoms with Crippen molar-refractivity contribution in [2.45, 2.75) is 44.2 Å². The van der Waals surface area contributed by atoms with Crippen molar-refractivity contribution in [2.24, 2.45) is 0 Å². The molecule has 0 bridgehead atoms. The number of rotatable bonds is 5. The van der Waals surface area contributed by atoms with E-state index in [1.54, 1.807) is 19.9 Å². The molecule has 11 heteroatoms. The van der Waals surface area contributed by atoms with Gasteiger partial charge in [-0.3, -0.25) is 10.1 Å². The molecule has 0 radical (unpaired) electrons. The van der Waals surface area contributed by atoms with Gasteiger partial charge in [0.1, 0.15) is 18.3 Å². The summed E-state index contributed by atoms with van der Waals surface area (Å²) < 4.78 is 21.7. The summed E-state index contributed by atoms with van der Waals surface area (Å²) in [5.41, 5.74) is 0.808. The minimum atomic E-state index is -1.10. The number of dihydropyridines is 1. The Bertz CT molecular complexity index is 1060. The van der Waals surface area contributed by atoms with E-state index in [0.29, 0.717) is 11.4 Å². The number of hydrogen-bond acceptors (Lipinski definition) is 10.